The van der Waals surface area contributed by atoms with Crippen molar-refractivity contribution in [3.8, 4) is 11.5 Å². The van der Waals surface area contributed by atoms with Crippen LogP contribution >= 0.6 is 0 Å². The van der Waals surface area contributed by atoms with Crippen LogP contribution in [0.25, 0.3) is 0 Å². The molecule has 0 atom stereocenters. The molecule has 0 amide bonds. The van der Waals surface area contributed by atoms with Crippen LogP contribution < -0.4 is 9.47 Å². The van der Waals surface area contributed by atoms with Gasteiger partial charge in [0.25, 0.3) is 0 Å². The van der Waals surface area contributed by atoms with E-state index in [4.69, 9.17) is 19.2 Å². The number of benzene rings is 3. The van der Waals surface area contributed by atoms with Crippen molar-refractivity contribution in [2.75, 3.05) is 13.9 Å². The van der Waals surface area contributed by atoms with Gasteiger partial charge in [-0.1, -0.05) is 60.7 Å². The Balaban J connectivity index is 1.93. The van der Waals surface area contributed by atoms with Crippen LogP contribution in [0, 0.1) is 0 Å². The Morgan fingerprint density at radius 3 is 2.11 bits per heavy atom. The van der Waals surface area contributed by atoms with Gasteiger partial charge in [-0.3, -0.25) is 0 Å². The molecule has 0 bridgehead atoms. The molecule has 0 saturated carbocycles. The van der Waals surface area contributed by atoms with Crippen molar-refractivity contribution in [3.63, 3.8) is 0 Å². The van der Waals surface area contributed by atoms with Crippen molar-refractivity contribution in [2.24, 2.45) is 4.99 Å². The van der Waals surface area contributed by atoms with Gasteiger partial charge >= 0.3 is 5.97 Å². The topological polar surface area (TPSA) is 57.1 Å². The van der Waals surface area contributed by atoms with E-state index in [1.165, 1.54) is 7.11 Å². The highest BCUT2D eigenvalue weighted by Crippen LogP contribution is 2.41. The van der Waals surface area contributed by atoms with E-state index in [-0.39, 0.29) is 12.4 Å². The van der Waals surface area contributed by atoms with Crippen molar-refractivity contribution in [2.45, 2.75) is 0 Å². The summed E-state index contributed by atoms with van der Waals surface area (Å²) in [7, 11) is 1.33. The summed E-state index contributed by atoms with van der Waals surface area (Å²) < 4.78 is 15.8. The maximum absolute atomic E-state index is 12.4. The molecule has 27 heavy (non-hydrogen) atoms. The number of hydrogen-bond acceptors (Lipinski definition) is 5. The molecule has 134 valence electrons. The van der Waals surface area contributed by atoms with Gasteiger partial charge in [-0.05, 0) is 12.1 Å². The van der Waals surface area contributed by atoms with Crippen LogP contribution in [0.3, 0.4) is 0 Å². The van der Waals surface area contributed by atoms with E-state index in [1.807, 2.05) is 60.7 Å². The van der Waals surface area contributed by atoms with Gasteiger partial charge in [0.15, 0.2) is 11.5 Å². The molecule has 4 rings (SSSR count). The van der Waals surface area contributed by atoms with Crippen LogP contribution in [0.15, 0.2) is 77.8 Å². The monoisotopic (exact) mass is 359 g/mol. The number of carbonyl (C=O) groups is 1. The largest absolute Gasteiger partial charge is 0.465 e. The summed E-state index contributed by atoms with van der Waals surface area (Å²) in [4.78, 5) is 17.2. The van der Waals surface area contributed by atoms with Crippen LogP contribution in [0.1, 0.15) is 21.5 Å². The molecule has 0 aromatic heterocycles. The molecule has 1 heterocycles. The Morgan fingerprint density at radius 1 is 0.889 bits per heavy atom. The lowest BCUT2D eigenvalue weighted by molar-refractivity contribution is 0.0597. The zero-order chi connectivity index (χ0) is 18.6. The second-order valence-corrected chi connectivity index (χ2v) is 5.88. The maximum atomic E-state index is 12.4. The van der Waals surface area contributed by atoms with E-state index in [1.54, 1.807) is 12.1 Å². The molecule has 1 aliphatic rings. The third-order valence-electron chi connectivity index (χ3n) is 4.23. The predicted octanol–water partition coefficient (Wildman–Crippen LogP) is 4.37. The molecule has 0 spiro atoms. The molecule has 0 aliphatic carbocycles. The zero-order valence-corrected chi connectivity index (χ0v) is 14.7. The molecule has 5 nitrogen and oxygen atoms in total. The van der Waals surface area contributed by atoms with E-state index < -0.39 is 5.97 Å². The highest BCUT2D eigenvalue weighted by Gasteiger charge is 2.27. The first-order valence-electron chi connectivity index (χ1n) is 8.48. The summed E-state index contributed by atoms with van der Waals surface area (Å²) in [6.45, 7) is 0.0662. The second-order valence-electron chi connectivity index (χ2n) is 5.88. The van der Waals surface area contributed by atoms with Crippen molar-refractivity contribution < 1.29 is 19.0 Å². The van der Waals surface area contributed by atoms with E-state index in [0.29, 0.717) is 17.2 Å². The first kappa shape index (κ1) is 16.8. The molecule has 0 fully saturated rings. The van der Waals surface area contributed by atoms with E-state index >= 15 is 0 Å². The van der Waals surface area contributed by atoms with Crippen LogP contribution in [-0.2, 0) is 4.74 Å². The molecule has 0 radical (unpaired) electrons. The van der Waals surface area contributed by atoms with Gasteiger partial charge in [-0.2, -0.15) is 0 Å². The number of aliphatic imine (C=N–C) groups is 1. The Kier molecular flexibility index (Phi) is 4.58. The van der Waals surface area contributed by atoms with Gasteiger partial charge in [0, 0.05) is 11.1 Å². The number of hydrogen-bond donors (Lipinski definition) is 0. The predicted molar refractivity (Wildman–Crippen MR) is 102 cm³/mol. The second kappa shape index (κ2) is 7.33. The van der Waals surface area contributed by atoms with Gasteiger partial charge in [0.2, 0.25) is 6.79 Å². The van der Waals surface area contributed by atoms with E-state index in [0.717, 1.165) is 16.8 Å². The van der Waals surface area contributed by atoms with Crippen LogP contribution in [0.4, 0.5) is 5.69 Å². The lowest BCUT2D eigenvalue weighted by Gasteiger charge is -2.11. The van der Waals surface area contributed by atoms with Gasteiger partial charge in [0.1, 0.15) is 5.56 Å². The van der Waals surface area contributed by atoms with E-state index in [2.05, 4.69) is 0 Å². The fraction of sp³-hybridized carbons (Fsp3) is 0.0909. The first-order valence-corrected chi connectivity index (χ1v) is 8.48. The quantitative estimate of drug-likeness (QED) is 0.513. The highest BCUT2D eigenvalue weighted by molar-refractivity contribution is 6.14. The SMILES string of the molecule is COC(=O)c1c(N=C(c2ccccc2)c2ccccc2)ccc2c1OCO2. The lowest BCUT2D eigenvalue weighted by atomic mass is 10.0. The average Bonchev–Trinajstić information content (AvgIpc) is 3.21. The molecule has 0 saturated heterocycles. The van der Waals surface area contributed by atoms with Crippen molar-refractivity contribution in [1.29, 1.82) is 0 Å². The van der Waals surface area contributed by atoms with Gasteiger partial charge < -0.3 is 14.2 Å². The molecule has 1 aliphatic heterocycles. The number of ether oxygens (including phenoxy) is 3. The summed E-state index contributed by atoms with van der Waals surface area (Å²) in [6, 6.07) is 23.1. The van der Waals surface area contributed by atoms with Crippen LogP contribution in [0.5, 0.6) is 11.5 Å². The molecule has 0 N–H and O–H groups in total. The number of fused-ring (bicyclic) bond motifs is 1. The summed E-state index contributed by atoms with van der Waals surface area (Å²) >= 11 is 0. The summed E-state index contributed by atoms with van der Waals surface area (Å²) in [6.07, 6.45) is 0. The Hall–Kier alpha value is -3.60. The summed E-state index contributed by atoms with van der Waals surface area (Å²) in [5.74, 6) is 0.357. The first-order chi connectivity index (χ1) is 13.3. The molecule has 5 heteroatoms. The number of carbonyl (C=O) groups excluding carboxylic acids is 1. The standard InChI is InChI=1S/C22H17NO4/c1-25-22(24)19-17(12-13-18-21(19)27-14-26-18)23-20(15-8-4-2-5-9-15)16-10-6-3-7-11-16/h2-13H,14H2,1H3. The third kappa shape index (κ3) is 3.27. The number of nitrogens with zero attached hydrogens (tertiary/aromatic N) is 1. The van der Waals surface area contributed by atoms with Crippen molar-refractivity contribution in [1.82, 2.24) is 0 Å². The Bertz CT molecular complexity index is 956. The summed E-state index contributed by atoms with van der Waals surface area (Å²) in [5, 5.41) is 0. The fourth-order valence-corrected chi connectivity index (χ4v) is 2.96. The normalized spacial score (nSPS) is 11.7. The van der Waals surface area contributed by atoms with Gasteiger partial charge in [0.05, 0.1) is 18.5 Å². The molecular weight excluding hydrogens is 342 g/mol. The lowest BCUT2D eigenvalue weighted by Crippen LogP contribution is -2.06. The van der Waals surface area contributed by atoms with Crippen molar-refractivity contribution >= 4 is 17.4 Å². The minimum absolute atomic E-state index is 0.0662. The maximum Gasteiger partial charge on any atom is 0.344 e. The Labute approximate surface area is 156 Å². The van der Waals surface area contributed by atoms with Crippen LogP contribution in [0.2, 0.25) is 0 Å². The minimum Gasteiger partial charge on any atom is -0.465 e. The third-order valence-corrected chi connectivity index (χ3v) is 4.23. The smallest absolute Gasteiger partial charge is 0.344 e. The number of rotatable bonds is 4. The molecule has 0 unspecified atom stereocenters. The average molecular weight is 359 g/mol. The highest BCUT2D eigenvalue weighted by atomic mass is 16.7. The van der Waals surface area contributed by atoms with E-state index in [9.17, 15) is 4.79 Å². The fourth-order valence-electron chi connectivity index (χ4n) is 2.96. The molecular formula is C22H17NO4. The minimum atomic E-state index is -0.517. The zero-order valence-electron chi connectivity index (χ0n) is 14.7. The molecule has 3 aromatic rings. The number of esters is 1. The Morgan fingerprint density at radius 2 is 1.52 bits per heavy atom. The van der Waals surface area contributed by atoms with Gasteiger partial charge in [-0.25, -0.2) is 9.79 Å². The molecule has 3 aromatic carbocycles. The number of methoxy groups -OCH3 is 1. The summed E-state index contributed by atoms with van der Waals surface area (Å²) in [5.41, 5.74) is 3.36. The van der Waals surface area contributed by atoms with Crippen LogP contribution in [-0.4, -0.2) is 25.6 Å². The van der Waals surface area contributed by atoms with Crippen molar-refractivity contribution in [3.05, 3.63) is 89.5 Å². The van der Waals surface area contributed by atoms with Gasteiger partial charge in [-0.15, -0.1) is 0 Å².